The van der Waals surface area contributed by atoms with Crippen molar-refractivity contribution in [3.63, 3.8) is 0 Å². The molecule has 0 aromatic carbocycles. The molecule has 1 heterocycles. The number of hydrogen-bond donors (Lipinski definition) is 1. The van der Waals surface area contributed by atoms with Gasteiger partial charge in [-0.15, -0.1) is 11.3 Å². The van der Waals surface area contributed by atoms with Gasteiger partial charge in [0.2, 0.25) is 5.91 Å². The minimum Gasteiger partial charge on any atom is -0.301 e. The molecular formula is C14H18N2OS. The van der Waals surface area contributed by atoms with Crippen LogP contribution in [0, 0.1) is 23.2 Å². The predicted octanol–water partition coefficient (Wildman–Crippen LogP) is 3.30. The number of carbonyl (C=O) groups excluding carboxylic acids is 1. The van der Waals surface area contributed by atoms with Crippen molar-refractivity contribution < 1.29 is 4.79 Å². The van der Waals surface area contributed by atoms with Crippen molar-refractivity contribution in [3.8, 4) is 0 Å². The first-order valence-electron chi connectivity index (χ1n) is 6.94. The maximum Gasteiger partial charge on any atom is 0.232 e. The molecule has 1 aromatic rings. The van der Waals surface area contributed by atoms with Gasteiger partial charge >= 0.3 is 0 Å². The van der Waals surface area contributed by atoms with E-state index in [-0.39, 0.29) is 11.3 Å². The SMILES string of the molecule is O=C(Nc1nccs1)C12CC3CC(CC(C3)C1)C2. The Labute approximate surface area is 111 Å². The van der Waals surface area contributed by atoms with Gasteiger partial charge in [-0.2, -0.15) is 0 Å². The zero-order chi connectivity index (χ0) is 12.2. The van der Waals surface area contributed by atoms with Crippen LogP contribution in [-0.4, -0.2) is 10.9 Å². The third-order valence-corrected chi connectivity index (χ3v) is 5.86. The maximum atomic E-state index is 12.6. The van der Waals surface area contributed by atoms with Gasteiger partial charge in [0, 0.05) is 11.6 Å². The molecule has 1 amide bonds. The number of carbonyl (C=O) groups is 1. The number of rotatable bonds is 2. The summed E-state index contributed by atoms with van der Waals surface area (Å²) >= 11 is 1.51. The van der Waals surface area contributed by atoms with Crippen molar-refractivity contribution >= 4 is 22.4 Å². The number of anilines is 1. The van der Waals surface area contributed by atoms with E-state index < -0.39 is 0 Å². The average molecular weight is 262 g/mol. The van der Waals surface area contributed by atoms with Crippen LogP contribution in [0.3, 0.4) is 0 Å². The van der Waals surface area contributed by atoms with Crippen LogP contribution in [0.5, 0.6) is 0 Å². The molecule has 96 valence electrons. The lowest BCUT2D eigenvalue weighted by molar-refractivity contribution is -0.140. The van der Waals surface area contributed by atoms with Gasteiger partial charge in [-0.3, -0.25) is 4.79 Å². The topological polar surface area (TPSA) is 42.0 Å². The molecule has 1 N–H and O–H groups in total. The van der Waals surface area contributed by atoms with Crippen molar-refractivity contribution in [1.82, 2.24) is 4.98 Å². The van der Waals surface area contributed by atoms with Crippen LogP contribution in [0.1, 0.15) is 38.5 Å². The van der Waals surface area contributed by atoms with E-state index in [0.717, 1.165) is 42.1 Å². The first kappa shape index (κ1) is 11.0. The average Bonchev–Trinajstić information content (AvgIpc) is 2.79. The van der Waals surface area contributed by atoms with Gasteiger partial charge in [0.1, 0.15) is 0 Å². The lowest BCUT2D eigenvalue weighted by Gasteiger charge is -2.55. The van der Waals surface area contributed by atoms with Crippen molar-refractivity contribution in [1.29, 1.82) is 0 Å². The molecule has 4 aliphatic rings. The zero-order valence-electron chi connectivity index (χ0n) is 10.4. The van der Waals surface area contributed by atoms with Crippen LogP contribution in [0.2, 0.25) is 0 Å². The van der Waals surface area contributed by atoms with Gasteiger partial charge in [0.25, 0.3) is 0 Å². The largest absolute Gasteiger partial charge is 0.301 e. The highest BCUT2D eigenvalue weighted by Crippen LogP contribution is 2.60. The number of amides is 1. The van der Waals surface area contributed by atoms with E-state index >= 15 is 0 Å². The van der Waals surface area contributed by atoms with Gasteiger partial charge in [0.05, 0.1) is 5.41 Å². The van der Waals surface area contributed by atoms with Gasteiger partial charge in [-0.25, -0.2) is 4.98 Å². The third-order valence-electron chi connectivity index (χ3n) is 5.17. The fourth-order valence-corrected chi connectivity index (χ4v) is 5.43. The molecule has 4 fully saturated rings. The fourth-order valence-electron chi connectivity index (χ4n) is 4.90. The monoisotopic (exact) mass is 262 g/mol. The van der Waals surface area contributed by atoms with Crippen LogP contribution in [0.25, 0.3) is 0 Å². The Morgan fingerprint density at radius 3 is 2.33 bits per heavy atom. The maximum absolute atomic E-state index is 12.6. The molecule has 4 bridgehead atoms. The molecular weight excluding hydrogens is 244 g/mol. The molecule has 4 heteroatoms. The van der Waals surface area contributed by atoms with Gasteiger partial charge < -0.3 is 5.32 Å². The number of aromatic nitrogens is 1. The van der Waals surface area contributed by atoms with Crippen molar-refractivity contribution in [2.24, 2.45) is 23.2 Å². The zero-order valence-corrected chi connectivity index (χ0v) is 11.2. The summed E-state index contributed by atoms with van der Waals surface area (Å²) < 4.78 is 0. The van der Waals surface area contributed by atoms with E-state index in [4.69, 9.17) is 0 Å². The minimum atomic E-state index is -0.0551. The molecule has 18 heavy (non-hydrogen) atoms. The number of thiazole rings is 1. The second-order valence-corrected chi connectivity index (χ2v) is 7.38. The summed E-state index contributed by atoms with van der Waals surface area (Å²) in [5.41, 5.74) is -0.0551. The van der Waals surface area contributed by atoms with Crippen LogP contribution in [0.4, 0.5) is 5.13 Å². The van der Waals surface area contributed by atoms with Crippen molar-refractivity contribution in [2.45, 2.75) is 38.5 Å². The standard InChI is InChI=1S/C14H18N2OS/c17-12(16-13-15-1-2-18-13)14-6-9-3-10(7-14)5-11(4-9)8-14/h1-2,9-11H,3-8H2,(H,15,16,17). The van der Waals surface area contributed by atoms with Crippen molar-refractivity contribution in [3.05, 3.63) is 11.6 Å². The summed E-state index contributed by atoms with van der Waals surface area (Å²) in [5.74, 6) is 2.70. The lowest BCUT2D eigenvalue weighted by Crippen LogP contribution is -2.51. The number of nitrogens with one attached hydrogen (secondary N) is 1. The molecule has 0 aliphatic heterocycles. The number of hydrogen-bond acceptors (Lipinski definition) is 3. The van der Waals surface area contributed by atoms with Crippen molar-refractivity contribution in [2.75, 3.05) is 5.32 Å². The van der Waals surface area contributed by atoms with Crippen LogP contribution >= 0.6 is 11.3 Å². The van der Waals surface area contributed by atoms with E-state index in [2.05, 4.69) is 10.3 Å². The second kappa shape index (κ2) is 3.80. The molecule has 0 saturated heterocycles. The summed E-state index contributed by atoms with van der Waals surface area (Å²) in [7, 11) is 0. The quantitative estimate of drug-likeness (QED) is 0.888. The van der Waals surface area contributed by atoms with Crippen LogP contribution < -0.4 is 5.32 Å². The fraction of sp³-hybridized carbons (Fsp3) is 0.714. The first-order valence-corrected chi connectivity index (χ1v) is 7.82. The smallest absolute Gasteiger partial charge is 0.232 e. The first-order chi connectivity index (χ1) is 8.73. The van der Waals surface area contributed by atoms with E-state index in [9.17, 15) is 4.79 Å². The molecule has 3 nitrogen and oxygen atoms in total. The van der Waals surface area contributed by atoms with E-state index in [1.807, 2.05) is 5.38 Å². The highest BCUT2D eigenvalue weighted by molar-refractivity contribution is 7.13. The third kappa shape index (κ3) is 1.62. The van der Waals surface area contributed by atoms with Gasteiger partial charge in [-0.1, -0.05) is 0 Å². The normalized spacial score (nSPS) is 41.0. The Kier molecular flexibility index (Phi) is 2.31. The summed E-state index contributed by atoms with van der Waals surface area (Å²) in [6.07, 6.45) is 9.25. The Bertz CT molecular complexity index is 433. The van der Waals surface area contributed by atoms with Gasteiger partial charge in [-0.05, 0) is 56.3 Å². The molecule has 0 spiro atoms. The second-order valence-electron chi connectivity index (χ2n) is 6.49. The van der Waals surface area contributed by atoms with E-state index in [0.29, 0.717) is 0 Å². The molecule has 0 atom stereocenters. The Morgan fingerprint density at radius 1 is 1.22 bits per heavy atom. The van der Waals surface area contributed by atoms with Gasteiger partial charge in [0.15, 0.2) is 5.13 Å². The molecule has 4 aliphatic carbocycles. The summed E-state index contributed by atoms with van der Waals surface area (Å²) in [5, 5.41) is 5.72. The lowest BCUT2D eigenvalue weighted by atomic mass is 9.49. The Balaban J connectivity index is 1.58. The summed E-state index contributed by atoms with van der Waals surface area (Å²) in [4.78, 5) is 16.8. The molecule has 1 aromatic heterocycles. The van der Waals surface area contributed by atoms with Crippen LogP contribution in [-0.2, 0) is 4.79 Å². The van der Waals surface area contributed by atoms with E-state index in [1.165, 1.54) is 30.6 Å². The van der Waals surface area contributed by atoms with E-state index in [1.54, 1.807) is 6.20 Å². The molecule has 0 radical (unpaired) electrons. The predicted molar refractivity (Wildman–Crippen MR) is 71.3 cm³/mol. The number of nitrogens with zero attached hydrogens (tertiary/aromatic N) is 1. The molecule has 4 saturated carbocycles. The highest BCUT2D eigenvalue weighted by Gasteiger charge is 2.54. The molecule has 0 unspecified atom stereocenters. The summed E-state index contributed by atoms with van der Waals surface area (Å²) in [6, 6.07) is 0. The highest BCUT2D eigenvalue weighted by atomic mass is 32.1. The molecule has 5 rings (SSSR count). The Morgan fingerprint density at radius 2 is 1.83 bits per heavy atom. The summed E-state index contributed by atoms with van der Waals surface area (Å²) in [6.45, 7) is 0. The van der Waals surface area contributed by atoms with Crippen LogP contribution in [0.15, 0.2) is 11.6 Å². The minimum absolute atomic E-state index is 0.0551. The Hall–Kier alpha value is -0.900.